The average Bonchev–Trinajstić information content (AvgIpc) is 3.00. The number of nitrogens with one attached hydrogen (secondary N) is 2. The van der Waals surface area contributed by atoms with Gasteiger partial charge in [-0.3, -0.25) is 14.8 Å². The van der Waals surface area contributed by atoms with Crippen molar-refractivity contribution in [1.29, 1.82) is 0 Å². The van der Waals surface area contributed by atoms with Gasteiger partial charge in [0.25, 0.3) is 0 Å². The Bertz CT molecular complexity index is 1230. The normalized spacial score (nSPS) is 18.7. The molecule has 0 spiro atoms. The van der Waals surface area contributed by atoms with Gasteiger partial charge >= 0.3 is 0 Å². The number of ether oxygens (including phenoxy) is 2. The number of carbonyl (C=O) groups is 2. The van der Waals surface area contributed by atoms with Crippen molar-refractivity contribution in [2.45, 2.75) is 68.7 Å². The highest BCUT2D eigenvalue weighted by Crippen LogP contribution is 2.39. The van der Waals surface area contributed by atoms with E-state index in [9.17, 15) is 14.7 Å². The third-order valence-electron chi connectivity index (χ3n) is 6.54. The summed E-state index contributed by atoms with van der Waals surface area (Å²) in [6, 6.07) is 21.1. The first-order chi connectivity index (χ1) is 19.5. The summed E-state index contributed by atoms with van der Waals surface area (Å²) < 4.78 is 12.8. The number of pyridine rings is 1. The van der Waals surface area contributed by atoms with Crippen molar-refractivity contribution in [3.05, 3.63) is 89.6 Å². The number of rotatable bonds is 13. The second-order valence-corrected chi connectivity index (χ2v) is 10.6. The Balaban J connectivity index is 1.40. The largest absolute Gasteiger partial charge is 0.392 e. The van der Waals surface area contributed by atoms with Crippen LogP contribution in [0.15, 0.2) is 78.0 Å². The minimum Gasteiger partial charge on any atom is -0.392 e. The Morgan fingerprint density at radius 1 is 0.925 bits per heavy atom. The van der Waals surface area contributed by atoms with Crippen molar-refractivity contribution in [2.24, 2.45) is 0 Å². The molecule has 10 heteroatoms. The summed E-state index contributed by atoms with van der Waals surface area (Å²) in [6.07, 6.45) is 4.05. The second kappa shape index (κ2) is 15.5. The van der Waals surface area contributed by atoms with E-state index in [0.29, 0.717) is 43.5 Å². The molecule has 2 amide bonds. The van der Waals surface area contributed by atoms with Crippen LogP contribution in [0.2, 0.25) is 0 Å². The molecule has 4 rings (SSSR count). The number of benzene rings is 2. The molecule has 4 N–H and O–H groups in total. The lowest BCUT2D eigenvalue weighted by atomic mass is 10.0. The Hall–Kier alpha value is -3.28. The first-order valence-electron chi connectivity index (χ1n) is 13.4. The van der Waals surface area contributed by atoms with Crippen LogP contribution >= 0.6 is 11.8 Å². The third kappa shape index (κ3) is 9.14. The van der Waals surface area contributed by atoms with E-state index in [1.165, 1.54) is 0 Å². The molecule has 0 bridgehead atoms. The molecule has 1 aromatic heterocycles. The van der Waals surface area contributed by atoms with Crippen LogP contribution in [0.4, 0.5) is 5.69 Å². The maximum Gasteiger partial charge on any atom is 0.243 e. The number of nitrogens with zero attached hydrogens (tertiary/aromatic N) is 1. The summed E-state index contributed by atoms with van der Waals surface area (Å²) in [5.74, 6) is 0.175. The Morgan fingerprint density at radius 3 is 2.45 bits per heavy atom. The molecule has 212 valence electrons. The van der Waals surface area contributed by atoms with E-state index in [0.717, 1.165) is 21.7 Å². The summed E-state index contributed by atoms with van der Waals surface area (Å²) >= 11 is 1.64. The molecule has 3 atom stereocenters. The van der Waals surface area contributed by atoms with Crippen molar-refractivity contribution >= 4 is 29.3 Å². The fourth-order valence-electron chi connectivity index (χ4n) is 4.42. The molecule has 2 heterocycles. The van der Waals surface area contributed by atoms with Gasteiger partial charge in [-0.1, -0.05) is 48.9 Å². The molecule has 9 nitrogen and oxygen atoms in total. The monoisotopic (exact) mass is 565 g/mol. The zero-order valence-corrected chi connectivity index (χ0v) is 23.0. The number of thioether (sulfide) groups is 1. The fourth-order valence-corrected chi connectivity index (χ4v) is 5.31. The third-order valence-corrected chi connectivity index (χ3v) is 7.62. The van der Waals surface area contributed by atoms with Gasteiger partial charge in [-0.25, -0.2) is 10.5 Å². The standard InChI is InChI=1S/C30H35N3O6S/c34-19-21-12-14-22(15-13-21)26-18-25(20-40-29-11-4-5-16-31-29)38-30(39-26)23-7-6-8-24(17-23)32-27(35)9-2-1-3-10-28(36)33-37/h4-8,11-17,25-26,30,34,37H,1-3,9-10,18-20H2,(H,32,35)(H,33,36)/t25-,26+,30+/m0/s1. The van der Waals surface area contributed by atoms with E-state index >= 15 is 0 Å². The number of aromatic nitrogens is 1. The molecular formula is C30H35N3O6S. The van der Waals surface area contributed by atoms with E-state index in [1.807, 2.05) is 66.7 Å². The number of anilines is 1. The van der Waals surface area contributed by atoms with Crippen LogP contribution in [0.25, 0.3) is 0 Å². The van der Waals surface area contributed by atoms with Gasteiger partial charge in [0, 0.05) is 42.5 Å². The van der Waals surface area contributed by atoms with Gasteiger partial charge in [-0.15, -0.1) is 11.8 Å². The summed E-state index contributed by atoms with van der Waals surface area (Å²) in [5, 5.41) is 21.8. The second-order valence-electron chi connectivity index (χ2n) is 9.60. The van der Waals surface area contributed by atoms with Crippen molar-refractivity contribution in [3.63, 3.8) is 0 Å². The van der Waals surface area contributed by atoms with Crippen LogP contribution in [-0.2, 0) is 25.7 Å². The van der Waals surface area contributed by atoms with Crippen LogP contribution in [0, 0.1) is 0 Å². The fraction of sp³-hybridized carbons (Fsp3) is 0.367. The van der Waals surface area contributed by atoms with Gasteiger partial charge in [0.2, 0.25) is 11.8 Å². The maximum atomic E-state index is 12.5. The zero-order chi connectivity index (χ0) is 28.2. The Labute approximate surface area is 238 Å². The number of hydrogen-bond donors (Lipinski definition) is 4. The number of aliphatic hydroxyl groups is 1. The molecule has 0 saturated carbocycles. The first kappa shape index (κ1) is 29.7. The van der Waals surface area contributed by atoms with Gasteiger partial charge in [0.05, 0.1) is 23.8 Å². The highest BCUT2D eigenvalue weighted by molar-refractivity contribution is 7.99. The van der Waals surface area contributed by atoms with Crippen LogP contribution in [0.3, 0.4) is 0 Å². The highest BCUT2D eigenvalue weighted by Gasteiger charge is 2.32. The van der Waals surface area contributed by atoms with Crippen LogP contribution in [0.1, 0.15) is 67.6 Å². The van der Waals surface area contributed by atoms with Crippen LogP contribution < -0.4 is 10.8 Å². The number of hydrogen-bond acceptors (Lipinski definition) is 8. The molecule has 1 saturated heterocycles. The van der Waals surface area contributed by atoms with Gasteiger partial charge in [0.1, 0.15) is 0 Å². The predicted octanol–water partition coefficient (Wildman–Crippen LogP) is 5.31. The molecule has 1 aliphatic heterocycles. The molecule has 3 aromatic rings. The molecular weight excluding hydrogens is 530 g/mol. The van der Waals surface area contributed by atoms with Gasteiger partial charge in [-0.2, -0.15) is 0 Å². The molecule has 0 radical (unpaired) electrons. The lowest BCUT2D eigenvalue weighted by Gasteiger charge is -2.36. The molecule has 2 aromatic carbocycles. The molecule has 40 heavy (non-hydrogen) atoms. The summed E-state index contributed by atoms with van der Waals surface area (Å²) in [7, 11) is 0. The number of amides is 2. The molecule has 0 unspecified atom stereocenters. The van der Waals surface area contributed by atoms with E-state index in [4.69, 9.17) is 14.7 Å². The predicted molar refractivity (Wildman–Crippen MR) is 151 cm³/mol. The quantitative estimate of drug-likeness (QED) is 0.0950. The number of carbonyl (C=O) groups excluding carboxylic acids is 2. The Morgan fingerprint density at radius 2 is 1.73 bits per heavy atom. The van der Waals surface area contributed by atoms with Gasteiger partial charge in [0.15, 0.2) is 6.29 Å². The van der Waals surface area contributed by atoms with Gasteiger partial charge in [-0.05, 0) is 48.2 Å². The van der Waals surface area contributed by atoms with Crippen molar-refractivity contribution in [1.82, 2.24) is 10.5 Å². The van der Waals surface area contributed by atoms with Crippen molar-refractivity contribution < 1.29 is 29.4 Å². The number of unbranched alkanes of at least 4 members (excludes halogenated alkanes) is 2. The van der Waals surface area contributed by atoms with E-state index in [2.05, 4.69) is 10.3 Å². The molecule has 1 fully saturated rings. The summed E-state index contributed by atoms with van der Waals surface area (Å²) in [5.41, 5.74) is 4.92. The summed E-state index contributed by atoms with van der Waals surface area (Å²) in [6.45, 7) is -0.0136. The first-order valence-corrected chi connectivity index (χ1v) is 14.4. The van der Waals surface area contributed by atoms with E-state index in [-0.39, 0.29) is 31.1 Å². The SMILES string of the molecule is O=C(CCCCCC(=O)Nc1cccc([C@@H]2O[C@H](CSc3ccccn3)C[C@H](c3ccc(CO)cc3)O2)c1)NO. The molecule has 0 aliphatic carbocycles. The van der Waals surface area contributed by atoms with Crippen LogP contribution in [-0.4, -0.2) is 39.0 Å². The minimum atomic E-state index is -0.625. The topological polar surface area (TPSA) is 130 Å². The van der Waals surface area contributed by atoms with Crippen LogP contribution in [0.5, 0.6) is 0 Å². The molecule has 1 aliphatic rings. The van der Waals surface area contributed by atoms with Crippen molar-refractivity contribution in [3.8, 4) is 0 Å². The Kier molecular flexibility index (Phi) is 11.5. The number of aliphatic hydroxyl groups excluding tert-OH is 1. The average molecular weight is 566 g/mol. The highest BCUT2D eigenvalue weighted by atomic mass is 32.2. The van der Waals surface area contributed by atoms with E-state index in [1.54, 1.807) is 23.4 Å². The van der Waals surface area contributed by atoms with E-state index < -0.39 is 12.2 Å². The lowest BCUT2D eigenvalue weighted by Crippen LogP contribution is -2.31. The van der Waals surface area contributed by atoms with Gasteiger partial charge < -0.3 is 19.9 Å². The maximum absolute atomic E-state index is 12.5. The zero-order valence-electron chi connectivity index (χ0n) is 22.2. The lowest BCUT2D eigenvalue weighted by molar-refractivity contribution is -0.245. The van der Waals surface area contributed by atoms with Crippen molar-refractivity contribution in [2.75, 3.05) is 11.1 Å². The number of hydroxylamine groups is 1. The smallest absolute Gasteiger partial charge is 0.243 e. The summed E-state index contributed by atoms with van der Waals surface area (Å²) in [4.78, 5) is 28.0. The minimum absolute atomic E-state index is 0.0136.